The van der Waals surface area contributed by atoms with Gasteiger partial charge in [0.2, 0.25) is 17.7 Å². The maximum atomic E-state index is 14.4. The topological polar surface area (TPSA) is 81.8 Å². The van der Waals surface area contributed by atoms with E-state index in [4.69, 9.17) is 0 Å². The lowest BCUT2D eigenvalue weighted by Gasteiger charge is -2.41. The van der Waals surface area contributed by atoms with Gasteiger partial charge in [-0.3, -0.25) is 14.4 Å². The van der Waals surface area contributed by atoms with E-state index in [2.05, 4.69) is 36.6 Å². The average Bonchev–Trinajstić information content (AvgIpc) is 2.96. The molecule has 3 amide bonds. The molecule has 1 saturated heterocycles. The van der Waals surface area contributed by atoms with Gasteiger partial charge in [-0.15, -0.1) is 0 Å². The number of hydrogen-bond donors (Lipinski definition) is 2. The first-order chi connectivity index (χ1) is 19.6. The Balaban J connectivity index is 1.65. The summed E-state index contributed by atoms with van der Waals surface area (Å²) >= 11 is 0. The van der Waals surface area contributed by atoms with Gasteiger partial charge in [0.05, 0.1) is 0 Å². The zero-order chi connectivity index (χ0) is 29.6. The molecule has 216 valence electrons. The van der Waals surface area contributed by atoms with E-state index in [1.54, 1.807) is 18.0 Å². The highest BCUT2D eigenvalue weighted by Crippen LogP contribution is 2.22. The average molecular weight is 555 g/mol. The fraction of sp³-hybridized carbons (Fsp3) is 0.382. The summed E-state index contributed by atoms with van der Waals surface area (Å²) in [6.07, 6.45) is 4.81. The molecule has 4 rings (SSSR count). The lowest BCUT2D eigenvalue weighted by atomic mass is 9.96. The summed E-state index contributed by atoms with van der Waals surface area (Å²) in [4.78, 5) is 44.2. The third kappa shape index (κ3) is 7.61. The van der Waals surface area contributed by atoms with Crippen LogP contribution in [0.25, 0.3) is 10.8 Å². The van der Waals surface area contributed by atoms with Crippen LogP contribution >= 0.6 is 0 Å². The number of nitrogens with zero attached hydrogens (tertiary/aromatic N) is 2. The summed E-state index contributed by atoms with van der Waals surface area (Å²) in [7, 11) is 3.57. The van der Waals surface area contributed by atoms with Crippen LogP contribution in [0.4, 0.5) is 0 Å². The first-order valence-corrected chi connectivity index (χ1v) is 14.3. The summed E-state index contributed by atoms with van der Waals surface area (Å²) in [5, 5.41) is 8.44. The Morgan fingerprint density at radius 2 is 1.73 bits per heavy atom. The van der Waals surface area contributed by atoms with Crippen LogP contribution in [0.2, 0.25) is 0 Å². The van der Waals surface area contributed by atoms with Crippen molar-refractivity contribution in [3.63, 3.8) is 0 Å². The standard InChI is InChI=1S/C34H42N4O3/c1-24-23-38(29(32(40)36-24)21-25-12-7-6-8-13-25)33(41)30(37(5)31(39)16-11-19-34(2,3)35-4)22-26-17-18-27-14-9-10-15-28(27)20-26/h6-18,20,24,29-30,35H,19,21-23H2,1-5H3,(H,36,40)/t24-,29-,30-/m1/s1. The van der Waals surface area contributed by atoms with Gasteiger partial charge in [0.1, 0.15) is 12.1 Å². The first kappa shape index (κ1) is 30.0. The quantitative estimate of drug-likeness (QED) is 0.370. The van der Waals surface area contributed by atoms with Crippen LogP contribution in [-0.4, -0.2) is 71.8 Å². The second-order valence-corrected chi connectivity index (χ2v) is 11.7. The van der Waals surface area contributed by atoms with Crippen molar-refractivity contribution in [2.45, 2.75) is 63.7 Å². The highest BCUT2D eigenvalue weighted by atomic mass is 16.2. The molecule has 3 atom stereocenters. The van der Waals surface area contributed by atoms with Gasteiger partial charge in [-0.1, -0.05) is 78.9 Å². The SMILES string of the molecule is CNC(C)(C)CC=CC(=O)N(C)[C@H](Cc1ccc2ccccc2c1)C(=O)N1C[C@@H](C)NC(=O)[C@H]1Cc1ccccc1. The van der Waals surface area contributed by atoms with Crippen molar-refractivity contribution in [3.8, 4) is 0 Å². The highest BCUT2D eigenvalue weighted by Gasteiger charge is 2.40. The number of fused-ring (bicyclic) bond motifs is 1. The zero-order valence-corrected chi connectivity index (χ0v) is 24.8. The predicted octanol–water partition coefficient (Wildman–Crippen LogP) is 4.11. The Kier molecular flexibility index (Phi) is 9.61. The summed E-state index contributed by atoms with van der Waals surface area (Å²) in [5.41, 5.74) is 1.78. The zero-order valence-electron chi connectivity index (χ0n) is 24.8. The summed E-state index contributed by atoms with van der Waals surface area (Å²) in [6, 6.07) is 22.3. The van der Waals surface area contributed by atoms with Gasteiger partial charge >= 0.3 is 0 Å². The van der Waals surface area contributed by atoms with Crippen molar-refractivity contribution in [1.82, 2.24) is 20.4 Å². The lowest BCUT2D eigenvalue weighted by molar-refractivity contribution is -0.150. The second-order valence-electron chi connectivity index (χ2n) is 11.7. The molecule has 0 spiro atoms. The molecular weight excluding hydrogens is 512 g/mol. The molecule has 1 aliphatic heterocycles. The van der Waals surface area contributed by atoms with Crippen LogP contribution in [0.15, 0.2) is 84.9 Å². The fourth-order valence-corrected chi connectivity index (χ4v) is 5.23. The second kappa shape index (κ2) is 13.1. The molecule has 0 unspecified atom stereocenters. The number of hydrogen-bond acceptors (Lipinski definition) is 4. The molecular formula is C34H42N4O3. The number of benzene rings is 3. The van der Waals surface area contributed by atoms with Gasteiger partial charge in [-0.25, -0.2) is 0 Å². The number of amides is 3. The molecule has 41 heavy (non-hydrogen) atoms. The van der Waals surface area contributed by atoms with Gasteiger partial charge in [0.25, 0.3) is 0 Å². The minimum atomic E-state index is -0.776. The van der Waals surface area contributed by atoms with E-state index in [1.165, 1.54) is 4.90 Å². The lowest BCUT2D eigenvalue weighted by Crippen LogP contribution is -2.64. The smallest absolute Gasteiger partial charge is 0.246 e. The minimum absolute atomic E-state index is 0.155. The Morgan fingerprint density at radius 1 is 1.05 bits per heavy atom. The van der Waals surface area contributed by atoms with Crippen molar-refractivity contribution in [1.29, 1.82) is 0 Å². The Morgan fingerprint density at radius 3 is 2.44 bits per heavy atom. The van der Waals surface area contributed by atoms with Gasteiger partial charge in [0, 0.05) is 38.0 Å². The molecule has 1 heterocycles. The number of likely N-dealkylation sites (N-methyl/N-ethyl adjacent to an activating group) is 1. The largest absolute Gasteiger partial charge is 0.350 e. The maximum absolute atomic E-state index is 14.4. The van der Waals surface area contributed by atoms with Crippen LogP contribution in [-0.2, 0) is 27.2 Å². The fourth-order valence-electron chi connectivity index (χ4n) is 5.23. The molecule has 0 radical (unpaired) electrons. The first-order valence-electron chi connectivity index (χ1n) is 14.3. The van der Waals surface area contributed by atoms with E-state index in [0.717, 1.165) is 21.9 Å². The Labute approximate surface area is 243 Å². The normalized spacial score (nSPS) is 18.4. The number of carbonyl (C=O) groups excluding carboxylic acids is 3. The predicted molar refractivity (Wildman–Crippen MR) is 164 cm³/mol. The van der Waals surface area contributed by atoms with Crippen molar-refractivity contribution in [3.05, 3.63) is 96.1 Å². The number of nitrogens with one attached hydrogen (secondary N) is 2. The van der Waals surface area contributed by atoms with Gasteiger partial charge in [-0.05, 0) is 62.2 Å². The molecule has 0 aliphatic carbocycles. The van der Waals surface area contributed by atoms with Gasteiger partial charge in [-0.2, -0.15) is 0 Å². The van der Waals surface area contributed by atoms with E-state index in [-0.39, 0.29) is 29.3 Å². The Hall–Kier alpha value is -3.97. The van der Waals surface area contributed by atoms with Gasteiger partial charge in [0.15, 0.2) is 0 Å². The molecule has 7 nitrogen and oxygen atoms in total. The van der Waals surface area contributed by atoms with Crippen LogP contribution in [0, 0.1) is 0 Å². The van der Waals surface area contributed by atoms with Crippen molar-refractivity contribution >= 4 is 28.5 Å². The molecule has 1 aliphatic rings. The van der Waals surface area contributed by atoms with Gasteiger partial charge < -0.3 is 20.4 Å². The monoisotopic (exact) mass is 554 g/mol. The van der Waals surface area contributed by atoms with Crippen LogP contribution < -0.4 is 10.6 Å². The molecule has 0 saturated carbocycles. The molecule has 2 N–H and O–H groups in total. The van der Waals surface area contributed by atoms with Crippen molar-refractivity contribution in [2.24, 2.45) is 0 Å². The number of rotatable bonds is 10. The third-order valence-corrected chi connectivity index (χ3v) is 8.00. The molecule has 0 bridgehead atoms. The van der Waals surface area contributed by atoms with E-state index < -0.39 is 12.1 Å². The number of piperazine rings is 1. The molecule has 0 aromatic heterocycles. The summed E-state index contributed by atoms with van der Waals surface area (Å²) in [6.45, 7) is 6.40. The summed E-state index contributed by atoms with van der Waals surface area (Å²) < 4.78 is 0. The summed E-state index contributed by atoms with van der Waals surface area (Å²) in [5.74, 6) is -0.640. The molecule has 3 aromatic rings. The Bertz CT molecular complexity index is 1400. The minimum Gasteiger partial charge on any atom is -0.350 e. The maximum Gasteiger partial charge on any atom is 0.246 e. The van der Waals surface area contributed by atoms with Crippen molar-refractivity contribution in [2.75, 3.05) is 20.6 Å². The molecule has 7 heteroatoms. The van der Waals surface area contributed by atoms with E-state index in [9.17, 15) is 14.4 Å². The van der Waals surface area contributed by atoms with E-state index in [0.29, 0.717) is 25.8 Å². The third-order valence-electron chi connectivity index (χ3n) is 8.00. The van der Waals surface area contributed by atoms with E-state index in [1.807, 2.05) is 80.7 Å². The van der Waals surface area contributed by atoms with Crippen LogP contribution in [0.1, 0.15) is 38.3 Å². The molecule has 3 aromatic carbocycles. The number of carbonyl (C=O) groups is 3. The van der Waals surface area contributed by atoms with E-state index >= 15 is 0 Å². The molecule has 1 fully saturated rings. The highest BCUT2D eigenvalue weighted by molar-refractivity contribution is 5.96. The van der Waals surface area contributed by atoms with Crippen LogP contribution in [0.3, 0.4) is 0 Å². The van der Waals surface area contributed by atoms with Crippen LogP contribution in [0.5, 0.6) is 0 Å². The van der Waals surface area contributed by atoms with Crippen molar-refractivity contribution < 1.29 is 14.4 Å².